The topological polar surface area (TPSA) is 3.24 Å². The average molecular weight is 199 g/mol. The Morgan fingerprint density at radius 1 is 1.14 bits per heavy atom. The van der Waals surface area contributed by atoms with Gasteiger partial charge >= 0.3 is 0 Å². The summed E-state index contributed by atoms with van der Waals surface area (Å²) in [6.07, 6.45) is 0.762. The molecular formula is C13H27N. The zero-order valence-electron chi connectivity index (χ0n) is 12.6. The molecule has 1 rings (SSSR count). The van der Waals surface area contributed by atoms with Crippen LogP contribution >= 0.6 is 0 Å². The summed E-state index contributed by atoms with van der Waals surface area (Å²) in [7, 11) is 0. The molecule has 0 bridgehead atoms. The first kappa shape index (κ1) is 9.21. The van der Waals surface area contributed by atoms with Crippen molar-refractivity contribution in [3.05, 3.63) is 0 Å². The van der Waals surface area contributed by atoms with Crippen molar-refractivity contribution in [1.29, 1.82) is 0 Å². The van der Waals surface area contributed by atoms with E-state index in [1.54, 1.807) is 0 Å². The van der Waals surface area contributed by atoms with Gasteiger partial charge in [-0.15, -0.1) is 0 Å². The van der Waals surface area contributed by atoms with Crippen molar-refractivity contribution in [2.45, 2.75) is 59.9 Å². The van der Waals surface area contributed by atoms with Crippen LogP contribution in [0.3, 0.4) is 0 Å². The summed E-state index contributed by atoms with van der Waals surface area (Å²) >= 11 is 0. The molecule has 0 saturated carbocycles. The highest BCUT2D eigenvalue weighted by molar-refractivity contribution is 4.85. The van der Waals surface area contributed by atoms with Gasteiger partial charge in [-0.05, 0) is 58.0 Å². The van der Waals surface area contributed by atoms with Crippen LogP contribution in [0.5, 0.6) is 0 Å². The summed E-state index contributed by atoms with van der Waals surface area (Å²) in [6.45, 7) is 13.6. The maximum absolute atomic E-state index is 8.27. The van der Waals surface area contributed by atoms with E-state index in [1.165, 1.54) is 0 Å². The number of hydrogen-bond donors (Lipinski definition) is 0. The molecule has 1 aliphatic rings. The number of hydrogen-bond acceptors (Lipinski definition) is 1. The van der Waals surface area contributed by atoms with Gasteiger partial charge in [0, 0.05) is 8.28 Å². The van der Waals surface area contributed by atoms with Crippen LogP contribution in [-0.4, -0.2) is 23.5 Å². The van der Waals surface area contributed by atoms with Crippen LogP contribution in [0.15, 0.2) is 0 Å². The van der Waals surface area contributed by atoms with E-state index in [0.717, 1.165) is 13.0 Å². The first-order valence-electron chi connectivity index (χ1n) is 6.82. The van der Waals surface area contributed by atoms with Gasteiger partial charge in [0.15, 0.2) is 0 Å². The smallest absolute Gasteiger partial charge is 0.0431 e. The molecule has 0 aliphatic carbocycles. The van der Waals surface area contributed by atoms with E-state index in [0.29, 0.717) is 5.92 Å². The molecule has 0 aromatic rings. The Balaban J connectivity index is 2.81. The average Bonchev–Trinajstić information content (AvgIpc) is 2.05. The fourth-order valence-electron chi connectivity index (χ4n) is 1.94. The van der Waals surface area contributed by atoms with Crippen LogP contribution < -0.4 is 0 Å². The van der Waals surface area contributed by atoms with Crippen LogP contribution in [0.2, 0.25) is 0 Å². The Labute approximate surface area is 92.7 Å². The molecular weight excluding hydrogens is 170 g/mol. The largest absolute Gasteiger partial charge is 0.298 e. The van der Waals surface area contributed by atoms with Crippen molar-refractivity contribution >= 4 is 0 Å². The fourth-order valence-corrected chi connectivity index (χ4v) is 1.94. The van der Waals surface area contributed by atoms with E-state index in [9.17, 15) is 0 Å². The molecule has 14 heavy (non-hydrogen) atoms. The molecule has 1 heterocycles. The highest BCUT2D eigenvalue weighted by Gasteiger charge is 2.32. The Morgan fingerprint density at radius 2 is 1.71 bits per heavy atom. The summed E-state index contributed by atoms with van der Waals surface area (Å²) in [5.41, 5.74) is 0.157. The first-order valence-corrected chi connectivity index (χ1v) is 5.66. The van der Waals surface area contributed by atoms with Crippen molar-refractivity contribution in [3.8, 4) is 0 Å². The Hall–Kier alpha value is -0.0400. The van der Waals surface area contributed by atoms with Gasteiger partial charge in [-0.2, -0.15) is 0 Å². The Kier molecular flexibility index (Phi) is 2.53. The number of nitrogens with zero attached hydrogens (tertiary/aromatic N) is 1. The van der Waals surface area contributed by atoms with Gasteiger partial charge in [0.2, 0.25) is 0 Å². The van der Waals surface area contributed by atoms with Gasteiger partial charge in [0.25, 0.3) is 0 Å². The lowest BCUT2D eigenvalue weighted by Crippen LogP contribution is -2.47. The molecule has 0 amide bonds. The third-order valence-electron chi connectivity index (χ3n) is 3.15. The van der Waals surface area contributed by atoms with Gasteiger partial charge in [0.1, 0.15) is 0 Å². The number of likely N-dealkylation sites (tertiary alicyclic amines) is 1. The van der Waals surface area contributed by atoms with E-state index in [1.807, 2.05) is 0 Å². The van der Waals surface area contributed by atoms with E-state index in [4.69, 9.17) is 2.74 Å². The van der Waals surface area contributed by atoms with E-state index >= 15 is 0 Å². The number of rotatable bonds is 0. The second-order valence-corrected chi connectivity index (χ2v) is 6.47. The molecule has 1 heteroatoms. The first-order chi connectivity index (χ1) is 7.05. The quantitative estimate of drug-likeness (QED) is 0.577. The third kappa shape index (κ3) is 2.98. The van der Waals surface area contributed by atoms with E-state index in [-0.39, 0.29) is 23.9 Å². The van der Waals surface area contributed by atoms with Gasteiger partial charge in [0.05, 0.1) is 0 Å². The Bertz CT molecular complexity index is 213. The highest BCUT2D eigenvalue weighted by atomic mass is 15.2. The minimum atomic E-state index is -0.377. The Morgan fingerprint density at radius 3 is 2.14 bits per heavy atom. The lowest BCUT2D eigenvalue weighted by molar-refractivity contribution is 0.0532. The second-order valence-electron chi connectivity index (χ2n) is 6.47. The lowest BCUT2D eigenvalue weighted by atomic mass is 9.75. The molecule has 84 valence electrons. The maximum Gasteiger partial charge on any atom is 0.0431 e. The van der Waals surface area contributed by atoms with Crippen LogP contribution in [0.4, 0.5) is 0 Å². The third-order valence-corrected chi connectivity index (χ3v) is 3.15. The summed E-state index contributed by atoms with van der Waals surface area (Å²) in [5, 5.41) is 0. The van der Waals surface area contributed by atoms with Crippen molar-refractivity contribution in [3.63, 3.8) is 0 Å². The predicted octanol–water partition coefficient (Wildman–Crippen LogP) is 3.54. The summed E-state index contributed by atoms with van der Waals surface area (Å²) in [4.78, 5) is 2.16. The number of piperidine rings is 1. The lowest BCUT2D eigenvalue weighted by Gasteiger charge is -2.44. The van der Waals surface area contributed by atoms with Crippen molar-refractivity contribution in [2.75, 3.05) is 13.1 Å². The van der Waals surface area contributed by atoms with E-state index in [2.05, 4.69) is 46.4 Å². The standard InChI is InChI=1S/C13H27N/c1-12(2,3)11-7-9-14(10-8-11)13(4,5)6/h11H,7-10H2,1-6H3/i7D,9D. The molecule has 1 aliphatic heterocycles. The van der Waals surface area contributed by atoms with Crippen LogP contribution in [0, 0.1) is 11.3 Å². The van der Waals surface area contributed by atoms with Crippen LogP contribution in [-0.2, 0) is 0 Å². The zero-order valence-corrected chi connectivity index (χ0v) is 10.6. The SMILES string of the molecule is [2H]C1C([2H])N(C(C)(C)C)CCC1C(C)(C)C. The van der Waals surface area contributed by atoms with Crippen molar-refractivity contribution in [1.82, 2.24) is 4.90 Å². The molecule has 3 unspecified atom stereocenters. The molecule has 0 aromatic carbocycles. The fraction of sp³-hybridized carbons (Fsp3) is 1.00. The molecule has 0 spiro atoms. The summed E-state index contributed by atoms with van der Waals surface area (Å²) in [5.74, 6) is 0.341. The van der Waals surface area contributed by atoms with Crippen LogP contribution in [0.1, 0.15) is 57.1 Å². The predicted molar refractivity (Wildman–Crippen MR) is 63.5 cm³/mol. The molecule has 0 aromatic heterocycles. The molecule has 0 N–H and O–H groups in total. The normalized spacial score (nSPS) is 39.1. The van der Waals surface area contributed by atoms with Gasteiger partial charge < -0.3 is 0 Å². The molecule has 1 fully saturated rings. The van der Waals surface area contributed by atoms with Gasteiger partial charge in [-0.3, -0.25) is 4.90 Å². The molecule has 3 atom stereocenters. The van der Waals surface area contributed by atoms with Gasteiger partial charge in [-0.25, -0.2) is 0 Å². The zero-order chi connectivity index (χ0) is 12.7. The highest BCUT2D eigenvalue weighted by Crippen LogP contribution is 2.35. The molecule has 1 saturated heterocycles. The minimum Gasteiger partial charge on any atom is -0.298 e. The molecule has 0 radical (unpaired) electrons. The minimum absolute atomic E-state index is 0.00850. The van der Waals surface area contributed by atoms with E-state index < -0.39 is 0 Å². The monoisotopic (exact) mass is 199 g/mol. The van der Waals surface area contributed by atoms with Crippen molar-refractivity contribution < 1.29 is 2.74 Å². The van der Waals surface area contributed by atoms with Gasteiger partial charge in [-0.1, -0.05) is 20.8 Å². The molecule has 1 nitrogen and oxygen atoms in total. The maximum atomic E-state index is 8.27. The summed E-state index contributed by atoms with van der Waals surface area (Å²) < 4.78 is 16.5. The van der Waals surface area contributed by atoms with Crippen LogP contribution in [0.25, 0.3) is 0 Å². The second kappa shape index (κ2) is 3.84. The van der Waals surface area contributed by atoms with Crippen molar-refractivity contribution in [2.24, 2.45) is 11.3 Å². The summed E-state index contributed by atoms with van der Waals surface area (Å²) in [6, 6.07) is 0.